The topological polar surface area (TPSA) is 57.7 Å². The minimum absolute atomic E-state index is 0.0419. The molecule has 1 amide bonds. The van der Waals surface area contributed by atoms with Crippen LogP contribution in [0.25, 0.3) is 0 Å². The number of carbonyl (C=O) groups excluding carboxylic acids is 1. The third-order valence-corrected chi connectivity index (χ3v) is 5.66. The lowest BCUT2D eigenvalue weighted by Gasteiger charge is -2.35. The number of para-hydroxylation sites is 1. The number of anilines is 1. The van der Waals surface area contributed by atoms with E-state index in [2.05, 4.69) is 33.4 Å². The zero-order chi connectivity index (χ0) is 22.2. The molecule has 4 rings (SSSR count). The van der Waals surface area contributed by atoms with Crippen LogP contribution in [-0.4, -0.2) is 53.5 Å². The fourth-order valence-electron chi connectivity index (χ4n) is 3.95. The Balaban J connectivity index is 1.34. The van der Waals surface area contributed by atoms with Crippen molar-refractivity contribution in [3.8, 4) is 5.75 Å². The first-order valence-corrected chi connectivity index (χ1v) is 11.2. The smallest absolute Gasteiger partial charge is 0.257 e. The molecule has 0 radical (unpaired) electrons. The number of ether oxygens (including phenoxy) is 1. The van der Waals surface area contributed by atoms with Crippen molar-refractivity contribution in [3.05, 3.63) is 89.6 Å². The van der Waals surface area contributed by atoms with Crippen LogP contribution in [0, 0.1) is 0 Å². The molecule has 0 spiro atoms. The van der Waals surface area contributed by atoms with Gasteiger partial charge >= 0.3 is 0 Å². The maximum absolute atomic E-state index is 13.0. The summed E-state index contributed by atoms with van der Waals surface area (Å²) >= 11 is 0. The summed E-state index contributed by atoms with van der Waals surface area (Å²) in [6.07, 6.45) is 1.82. The first-order valence-electron chi connectivity index (χ1n) is 11.2. The highest BCUT2D eigenvalue weighted by Gasteiger charge is 2.24. The number of benzene rings is 2. The van der Waals surface area contributed by atoms with Crippen molar-refractivity contribution in [1.82, 2.24) is 14.8 Å². The Morgan fingerprint density at radius 1 is 0.969 bits per heavy atom. The molecule has 166 valence electrons. The van der Waals surface area contributed by atoms with E-state index in [0.29, 0.717) is 31.0 Å². The van der Waals surface area contributed by atoms with Crippen molar-refractivity contribution >= 4 is 11.7 Å². The highest BCUT2D eigenvalue weighted by atomic mass is 16.5. The average molecular weight is 431 g/mol. The molecule has 1 N–H and O–H groups in total. The number of aromatic nitrogens is 1. The molecule has 0 unspecified atom stereocenters. The van der Waals surface area contributed by atoms with E-state index in [9.17, 15) is 4.79 Å². The predicted octanol–water partition coefficient (Wildman–Crippen LogP) is 4.05. The van der Waals surface area contributed by atoms with E-state index in [4.69, 9.17) is 4.74 Å². The summed E-state index contributed by atoms with van der Waals surface area (Å²) in [5, 5.41) is 3.47. The number of pyridine rings is 1. The molecular weight excluding hydrogens is 400 g/mol. The summed E-state index contributed by atoms with van der Waals surface area (Å²) in [5.41, 5.74) is 3.04. The average Bonchev–Trinajstić information content (AvgIpc) is 2.85. The summed E-state index contributed by atoms with van der Waals surface area (Å²) in [6, 6.07) is 21.9. The molecule has 0 atom stereocenters. The summed E-state index contributed by atoms with van der Waals surface area (Å²) < 4.78 is 5.65. The Morgan fingerprint density at radius 3 is 2.50 bits per heavy atom. The molecule has 6 nitrogen and oxygen atoms in total. The Hall–Kier alpha value is -3.38. The van der Waals surface area contributed by atoms with E-state index in [1.54, 1.807) is 0 Å². The van der Waals surface area contributed by atoms with Crippen LogP contribution >= 0.6 is 0 Å². The first-order chi connectivity index (χ1) is 15.7. The van der Waals surface area contributed by atoms with E-state index >= 15 is 0 Å². The van der Waals surface area contributed by atoms with Crippen molar-refractivity contribution in [2.75, 3.05) is 38.1 Å². The van der Waals surface area contributed by atoms with E-state index in [-0.39, 0.29) is 5.91 Å². The van der Waals surface area contributed by atoms with Gasteiger partial charge in [-0.3, -0.25) is 9.69 Å². The lowest BCUT2D eigenvalue weighted by atomic mass is 10.1. The normalized spacial score (nSPS) is 14.2. The van der Waals surface area contributed by atoms with Crippen LogP contribution in [0.15, 0.2) is 72.9 Å². The molecule has 3 aromatic rings. The molecule has 0 bridgehead atoms. The standard InChI is InChI=1S/C26H30N4O2/c1-2-32-24-13-7-6-12-23(24)26(31)30-17-15-29(16-18-30)20-22-11-8-14-27-25(22)28-19-21-9-4-3-5-10-21/h3-14H,2,15-20H2,1H3,(H,27,28). The zero-order valence-electron chi connectivity index (χ0n) is 18.5. The molecule has 1 aliphatic heterocycles. The second-order valence-electron chi connectivity index (χ2n) is 7.85. The molecule has 1 aliphatic rings. The minimum atomic E-state index is 0.0419. The third kappa shape index (κ3) is 5.45. The molecule has 1 aromatic heterocycles. The van der Waals surface area contributed by atoms with Gasteiger partial charge in [-0.2, -0.15) is 0 Å². The van der Waals surface area contributed by atoms with Crippen LogP contribution in [0.3, 0.4) is 0 Å². The predicted molar refractivity (Wildman–Crippen MR) is 127 cm³/mol. The lowest BCUT2D eigenvalue weighted by molar-refractivity contribution is 0.0624. The van der Waals surface area contributed by atoms with Crippen LogP contribution in [0.5, 0.6) is 5.75 Å². The molecule has 0 aliphatic carbocycles. The summed E-state index contributed by atoms with van der Waals surface area (Å²) in [4.78, 5) is 21.9. The second-order valence-corrected chi connectivity index (χ2v) is 7.85. The molecule has 0 saturated carbocycles. The first kappa shape index (κ1) is 21.8. The van der Waals surface area contributed by atoms with Gasteiger partial charge in [0.1, 0.15) is 11.6 Å². The number of carbonyl (C=O) groups is 1. The lowest BCUT2D eigenvalue weighted by Crippen LogP contribution is -2.48. The number of piperazine rings is 1. The van der Waals surface area contributed by atoms with E-state index in [0.717, 1.165) is 32.0 Å². The fourth-order valence-corrected chi connectivity index (χ4v) is 3.95. The van der Waals surface area contributed by atoms with Gasteiger partial charge in [0, 0.05) is 51.0 Å². The van der Waals surface area contributed by atoms with Crippen LogP contribution in [0.4, 0.5) is 5.82 Å². The minimum Gasteiger partial charge on any atom is -0.493 e. The Bertz CT molecular complexity index is 1020. The number of nitrogens with one attached hydrogen (secondary N) is 1. The molecule has 1 fully saturated rings. The zero-order valence-corrected chi connectivity index (χ0v) is 18.5. The largest absolute Gasteiger partial charge is 0.493 e. The third-order valence-electron chi connectivity index (χ3n) is 5.66. The van der Waals surface area contributed by atoms with Crippen molar-refractivity contribution in [2.24, 2.45) is 0 Å². The molecule has 2 aromatic carbocycles. The van der Waals surface area contributed by atoms with Gasteiger partial charge in [0.25, 0.3) is 5.91 Å². The van der Waals surface area contributed by atoms with E-state index in [1.807, 2.05) is 66.6 Å². The maximum Gasteiger partial charge on any atom is 0.257 e. The molecule has 2 heterocycles. The van der Waals surface area contributed by atoms with Crippen LogP contribution in [0.1, 0.15) is 28.4 Å². The molecular formula is C26H30N4O2. The summed E-state index contributed by atoms with van der Waals surface area (Å²) in [7, 11) is 0. The highest BCUT2D eigenvalue weighted by molar-refractivity contribution is 5.97. The Kier molecular flexibility index (Phi) is 7.35. The van der Waals surface area contributed by atoms with Crippen LogP contribution in [-0.2, 0) is 13.1 Å². The van der Waals surface area contributed by atoms with Crippen molar-refractivity contribution in [2.45, 2.75) is 20.0 Å². The summed E-state index contributed by atoms with van der Waals surface area (Å²) in [6.45, 7) is 7.09. The van der Waals surface area contributed by atoms with Crippen LogP contribution in [0.2, 0.25) is 0 Å². The van der Waals surface area contributed by atoms with Gasteiger partial charge in [0.05, 0.1) is 12.2 Å². The number of rotatable bonds is 8. The number of hydrogen-bond acceptors (Lipinski definition) is 5. The Labute approximate surface area is 189 Å². The summed E-state index contributed by atoms with van der Waals surface area (Å²) in [5.74, 6) is 1.62. The fraction of sp³-hybridized carbons (Fsp3) is 0.308. The maximum atomic E-state index is 13.0. The van der Waals surface area contributed by atoms with Gasteiger partial charge in [0.15, 0.2) is 0 Å². The van der Waals surface area contributed by atoms with Gasteiger partial charge in [-0.1, -0.05) is 48.5 Å². The van der Waals surface area contributed by atoms with Crippen molar-refractivity contribution < 1.29 is 9.53 Å². The number of hydrogen-bond donors (Lipinski definition) is 1. The van der Waals surface area contributed by atoms with Crippen molar-refractivity contribution in [1.29, 1.82) is 0 Å². The Morgan fingerprint density at radius 2 is 1.72 bits per heavy atom. The number of nitrogens with zero attached hydrogens (tertiary/aromatic N) is 3. The van der Waals surface area contributed by atoms with Gasteiger partial charge in [-0.15, -0.1) is 0 Å². The van der Waals surface area contributed by atoms with Crippen LogP contribution < -0.4 is 10.1 Å². The second kappa shape index (κ2) is 10.8. The quantitative estimate of drug-likeness (QED) is 0.584. The van der Waals surface area contributed by atoms with E-state index < -0.39 is 0 Å². The van der Waals surface area contributed by atoms with Gasteiger partial charge < -0.3 is 15.0 Å². The number of amides is 1. The van der Waals surface area contributed by atoms with Gasteiger partial charge in [-0.25, -0.2) is 4.98 Å². The van der Waals surface area contributed by atoms with Gasteiger partial charge in [-0.05, 0) is 30.7 Å². The van der Waals surface area contributed by atoms with E-state index in [1.165, 1.54) is 11.1 Å². The SMILES string of the molecule is CCOc1ccccc1C(=O)N1CCN(Cc2cccnc2NCc2ccccc2)CC1. The monoisotopic (exact) mass is 430 g/mol. The highest BCUT2D eigenvalue weighted by Crippen LogP contribution is 2.22. The molecule has 32 heavy (non-hydrogen) atoms. The van der Waals surface area contributed by atoms with Crippen molar-refractivity contribution in [3.63, 3.8) is 0 Å². The molecule has 1 saturated heterocycles. The molecule has 6 heteroatoms. The van der Waals surface area contributed by atoms with Gasteiger partial charge in [0.2, 0.25) is 0 Å².